The number of benzene rings is 1. The largest absolute Gasteiger partial charge is 0.493 e. The molecule has 9 heteroatoms. The van der Waals surface area contributed by atoms with Gasteiger partial charge in [-0.2, -0.15) is 0 Å². The molecule has 0 saturated carbocycles. The number of H-pyrrole nitrogens is 1. The number of hydrogen-bond donors (Lipinski definition) is 2. The van der Waals surface area contributed by atoms with Crippen LogP contribution in [-0.4, -0.2) is 52.6 Å². The first-order chi connectivity index (χ1) is 16.0. The van der Waals surface area contributed by atoms with Crippen molar-refractivity contribution in [2.45, 2.75) is 25.3 Å². The Labute approximate surface area is 191 Å². The monoisotopic (exact) mass is 449 g/mol. The van der Waals surface area contributed by atoms with Gasteiger partial charge in [-0.1, -0.05) is 6.07 Å². The number of hydrogen-bond acceptors (Lipinski definition) is 7. The van der Waals surface area contributed by atoms with Gasteiger partial charge in [0.25, 0.3) is 11.5 Å². The van der Waals surface area contributed by atoms with Gasteiger partial charge in [0.05, 0.1) is 12.8 Å². The number of nitrogens with zero attached hydrogens (tertiary/aromatic N) is 3. The molecule has 3 aromatic rings. The van der Waals surface area contributed by atoms with Gasteiger partial charge >= 0.3 is 0 Å². The number of rotatable bonds is 8. The molecule has 1 aromatic carbocycles. The van der Waals surface area contributed by atoms with E-state index in [4.69, 9.17) is 20.2 Å². The third-order valence-corrected chi connectivity index (χ3v) is 5.62. The van der Waals surface area contributed by atoms with Crippen molar-refractivity contribution in [3.63, 3.8) is 0 Å². The maximum absolute atomic E-state index is 12.3. The summed E-state index contributed by atoms with van der Waals surface area (Å²) in [5.41, 5.74) is 7.65. The fraction of sp³-hybridized carbons (Fsp3) is 0.333. The summed E-state index contributed by atoms with van der Waals surface area (Å²) in [6.07, 6.45) is 5.37. The fourth-order valence-electron chi connectivity index (χ4n) is 4.10. The molecule has 1 aliphatic heterocycles. The predicted molar refractivity (Wildman–Crippen MR) is 123 cm³/mol. The topological polar surface area (TPSA) is 123 Å². The quantitative estimate of drug-likeness (QED) is 0.540. The molecular formula is C24H27N5O4. The lowest BCUT2D eigenvalue weighted by Crippen LogP contribution is -2.34. The SMILES string of the molecule is COc1cc(CN2CCC[C@@H](c3cc(=O)[nH]c(-c4cccnc4)n3)C2)ccc1OCC(N)=O. The minimum Gasteiger partial charge on any atom is -0.493 e. The maximum Gasteiger partial charge on any atom is 0.255 e. The van der Waals surface area contributed by atoms with Gasteiger partial charge < -0.3 is 20.2 Å². The molecule has 3 heterocycles. The van der Waals surface area contributed by atoms with Crippen LogP contribution in [0.1, 0.15) is 30.0 Å². The minimum atomic E-state index is -0.541. The van der Waals surface area contributed by atoms with Crippen LogP contribution in [-0.2, 0) is 11.3 Å². The van der Waals surface area contributed by atoms with Crippen molar-refractivity contribution >= 4 is 5.91 Å². The van der Waals surface area contributed by atoms with E-state index < -0.39 is 5.91 Å². The van der Waals surface area contributed by atoms with Gasteiger partial charge in [-0.25, -0.2) is 4.98 Å². The number of nitrogens with one attached hydrogen (secondary N) is 1. The van der Waals surface area contributed by atoms with Gasteiger partial charge in [0.2, 0.25) is 0 Å². The zero-order valence-corrected chi connectivity index (χ0v) is 18.5. The molecule has 3 N–H and O–H groups in total. The first-order valence-corrected chi connectivity index (χ1v) is 10.8. The Kier molecular flexibility index (Phi) is 6.99. The molecule has 9 nitrogen and oxygen atoms in total. The van der Waals surface area contributed by atoms with Crippen molar-refractivity contribution in [2.24, 2.45) is 5.73 Å². The summed E-state index contributed by atoms with van der Waals surface area (Å²) in [6, 6.07) is 11.0. The van der Waals surface area contributed by atoms with Crippen LogP contribution in [0.15, 0.2) is 53.6 Å². The highest BCUT2D eigenvalue weighted by atomic mass is 16.5. The molecular weight excluding hydrogens is 422 g/mol. The second-order valence-electron chi connectivity index (χ2n) is 8.08. The van der Waals surface area contributed by atoms with E-state index in [0.717, 1.165) is 49.3 Å². The molecule has 1 fully saturated rings. The first-order valence-electron chi connectivity index (χ1n) is 10.8. The Balaban J connectivity index is 1.48. The van der Waals surface area contributed by atoms with Crippen molar-refractivity contribution in [3.05, 3.63) is 70.4 Å². The number of carbonyl (C=O) groups is 1. The van der Waals surface area contributed by atoms with Crippen molar-refractivity contribution in [2.75, 3.05) is 26.8 Å². The van der Waals surface area contributed by atoms with Crippen LogP contribution >= 0.6 is 0 Å². The molecule has 2 aromatic heterocycles. The molecule has 4 rings (SSSR count). The lowest BCUT2D eigenvalue weighted by molar-refractivity contribution is -0.119. The van der Waals surface area contributed by atoms with Gasteiger partial charge in [0.1, 0.15) is 5.82 Å². The van der Waals surface area contributed by atoms with E-state index in [0.29, 0.717) is 17.3 Å². The fourth-order valence-corrected chi connectivity index (χ4v) is 4.10. The number of aromatic nitrogens is 3. The van der Waals surface area contributed by atoms with E-state index in [1.54, 1.807) is 31.6 Å². The number of carbonyl (C=O) groups excluding carboxylic acids is 1. The maximum atomic E-state index is 12.3. The molecule has 0 bridgehead atoms. The van der Waals surface area contributed by atoms with E-state index >= 15 is 0 Å². The highest BCUT2D eigenvalue weighted by Gasteiger charge is 2.24. The molecule has 0 aliphatic carbocycles. The number of nitrogens with two attached hydrogens (primary N) is 1. The number of pyridine rings is 1. The van der Waals surface area contributed by atoms with Gasteiger partial charge in [0.15, 0.2) is 18.1 Å². The molecule has 33 heavy (non-hydrogen) atoms. The molecule has 0 unspecified atom stereocenters. The number of piperidine rings is 1. The lowest BCUT2D eigenvalue weighted by atomic mass is 9.94. The van der Waals surface area contributed by atoms with E-state index in [1.807, 2.05) is 24.3 Å². The van der Waals surface area contributed by atoms with Gasteiger partial charge in [0, 0.05) is 43.0 Å². The van der Waals surface area contributed by atoms with E-state index in [-0.39, 0.29) is 18.1 Å². The summed E-state index contributed by atoms with van der Waals surface area (Å²) >= 11 is 0. The Morgan fingerprint density at radius 1 is 1.27 bits per heavy atom. The van der Waals surface area contributed by atoms with Crippen LogP contribution < -0.4 is 20.8 Å². The molecule has 172 valence electrons. The summed E-state index contributed by atoms with van der Waals surface area (Å²) in [5.74, 6) is 1.20. The number of amides is 1. The Bertz CT molecular complexity index is 1170. The Morgan fingerprint density at radius 3 is 2.91 bits per heavy atom. The second kappa shape index (κ2) is 10.3. The van der Waals surface area contributed by atoms with Crippen LogP contribution in [0.5, 0.6) is 11.5 Å². The van der Waals surface area contributed by atoms with Crippen molar-refractivity contribution in [3.8, 4) is 22.9 Å². The van der Waals surface area contributed by atoms with Crippen molar-refractivity contribution < 1.29 is 14.3 Å². The number of primary amides is 1. The van der Waals surface area contributed by atoms with E-state index in [1.165, 1.54) is 0 Å². The van der Waals surface area contributed by atoms with Crippen LogP contribution in [0.2, 0.25) is 0 Å². The van der Waals surface area contributed by atoms with Crippen LogP contribution in [0, 0.1) is 0 Å². The van der Waals surface area contributed by atoms with Gasteiger partial charge in [-0.15, -0.1) is 0 Å². The highest BCUT2D eigenvalue weighted by Crippen LogP contribution is 2.31. The van der Waals surface area contributed by atoms with E-state index in [2.05, 4.69) is 14.9 Å². The zero-order valence-electron chi connectivity index (χ0n) is 18.5. The number of likely N-dealkylation sites (tertiary alicyclic amines) is 1. The summed E-state index contributed by atoms with van der Waals surface area (Å²) < 4.78 is 10.8. The average Bonchev–Trinajstić information content (AvgIpc) is 2.83. The normalized spacial score (nSPS) is 16.3. The van der Waals surface area contributed by atoms with Crippen LogP contribution in [0.3, 0.4) is 0 Å². The lowest BCUT2D eigenvalue weighted by Gasteiger charge is -2.32. The zero-order chi connectivity index (χ0) is 23.2. The third-order valence-electron chi connectivity index (χ3n) is 5.62. The molecule has 1 amide bonds. The van der Waals surface area contributed by atoms with Crippen molar-refractivity contribution in [1.82, 2.24) is 19.9 Å². The summed E-state index contributed by atoms with van der Waals surface area (Å²) in [5, 5.41) is 0. The standard InChI is InChI=1S/C24H27N5O4/c1-32-21-10-16(6-7-20(21)33-15-22(25)30)13-29-9-3-5-18(14-29)19-11-23(31)28-24(27-19)17-4-2-8-26-12-17/h2,4,6-8,10-12,18H,3,5,9,13-15H2,1H3,(H2,25,30)(H,27,28,31)/t18-/m1/s1. The molecule has 1 atom stereocenters. The Morgan fingerprint density at radius 2 is 2.15 bits per heavy atom. The predicted octanol–water partition coefficient (Wildman–Crippen LogP) is 2.08. The third kappa shape index (κ3) is 5.75. The average molecular weight is 450 g/mol. The van der Waals surface area contributed by atoms with E-state index in [9.17, 15) is 9.59 Å². The molecule has 0 radical (unpaired) electrons. The smallest absolute Gasteiger partial charge is 0.255 e. The first kappa shape index (κ1) is 22.5. The summed E-state index contributed by atoms with van der Waals surface area (Å²) in [6.45, 7) is 2.28. The number of aromatic amines is 1. The van der Waals surface area contributed by atoms with Crippen molar-refractivity contribution in [1.29, 1.82) is 0 Å². The van der Waals surface area contributed by atoms with Gasteiger partial charge in [-0.05, 0) is 49.2 Å². The molecule has 0 spiro atoms. The van der Waals surface area contributed by atoms with Gasteiger partial charge in [-0.3, -0.25) is 19.5 Å². The number of ether oxygens (including phenoxy) is 2. The highest BCUT2D eigenvalue weighted by molar-refractivity contribution is 5.75. The van der Waals surface area contributed by atoms with Crippen LogP contribution in [0.4, 0.5) is 0 Å². The summed E-state index contributed by atoms with van der Waals surface area (Å²) in [4.78, 5) is 37.3. The molecule has 1 aliphatic rings. The number of methoxy groups -OCH3 is 1. The minimum absolute atomic E-state index is 0.160. The Hall–Kier alpha value is -3.72. The second-order valence-corrected chi connectivity index (χ2v) is 8.08. The van der Waals surface area contributed by atoms with Crippen LogP contribution in [0.25, 0.3) is 11.4 Å². The molecule has 1 saturated heterocycles. The summed E-state index contributed by atoms with van der Waals surface area (Å²) in [7, 11) is 1.56.